The van der Waals surface area contributed by atoms with Crippen LogP contribution in [0.1, 0.15) is 21.6 Å². The fourth-order valence-corrected chi connectivity index (χ4v) is 3.54. The van der Waals surface area contributed by atoms with Crippen LogP contribution in [0.4, 0.5) is 0 Å². The highest BCUT2D eigenvalue weighted by atomic mass is 32.2. The van der Waals surface area contributed by atoms with Crippen molar-refractivity contribution in [2.45, 2.75) is 5.75 Å². The number of pyridine rings is 1. The molecule has 1 N–H and O–H groups in total. The van der Waals surface area contributed by atoms with Gasteiger partial charge in [-0.3, -0.25) is 4.79 Å². The zero-order valence-corrected chi connectivity index (χ0v) is 13.8. The molecule has 0 aliphatic heterocycles. The van der Waals surface area contributed by atoms with E-state index in [2.05, 4.69) is 9.71 Å². The summed E-state index contributed by atoms with van der Waals surface area (Å²) in [6.07, 6.45) is 1.50. The number of rotatable bonds is 4. The minimum Gasteiger partial charge on any atom is -0.268 e. The number of benzene rings is 2. The Hall–Kier alpha value is -3.24. The fraction of sp³-hybridized carbons (Fsp3) is 0.0556. The van der Waals surface area contributed by atoms with Crippen LogP contribution in [0.5, 0.6) is 0 Å². The lowest BCUT2D eigenvalue weighted by atomic mass is 10.1. The fourth-order valence-electron chi connectivity index (χ4n) is 2.45. The molecular formula is C18H13N3O3S. The molecule has 0 fully saturated rings. The molecule has 6 nitrogen and oxygen atoms in total. The molecule has 0 saturated heterocycles. The monoisotopic (exact) mass is 351 g/mol. The summed E-state index contributed by atoms with van der Waals surface area (Å²) in [5.74, 6) is -1.01. The van der Waals surface area contributed by atoms with Crippen LogP contribution >= 0.6 is 0 Å². The number of carbonyl (C=O) groups excluding carboxylic acids is 1. The highest BCUT2D eigenvalue weighted by molar-refractivity contribution is 7.89. The highest BCUT2D eigenvalue weighted by Gasteiger charge is 2.17. The summed E-state index contributed by atoms with van der Waals surface area (Å²) < 4.78 is 26.6. The van der Waals surface area contributed by atoms with Gasteiger partial charge in [-0.2, -0.15) is 5.26 Å². The first-order valence-corrected chi connectivity index (χ1v) is 9.01. The van der Waals surface area contributed by atoms with Gasteiger partial charge in [-0.25, -0.2) is 18.1 Å². The number of hydrogen-bond donors (Lipinski definition) is 1. The van der Waals surface area contributed by atoms with E-state index in [1.54, 1.807) is 42.5 Å². The van der Waals surface area contributed by atoms with Crippen LogP contribution in [-0.2, 0) is 15.8 Å². The Balaban J connectivity index is 1.82. The van der Waals surface area contributed by atoms with Crippen LogP contribution in [0, 0.1) is 11.3 Å². The first-order chi connectivity index (χ1) is 12.0. The van der Waals surface area contributed by atoms with E-state index < -0.39 is 15.9 Å². The van der Waals surface area contributed by atoms with E-state index in [1.807, 2.05) is 6.07 Å². The molecule has 3 rings (SSSR count). The number of aromatic nitrogens is 1. The lowest BCUT2D eigenvalue weighted by Gasteiger charge is -2.08. The van der Waals surface area contributed by atoms with Crippen molar-refractivity contribution in [2.24, 2.45) is 0 Å². The average Bonchev–Trinajstić information content (AvgIpc) is 2.61. The molecule has 0 aliphatic carbocycles. The van der Waals surface area contributed by atoms with E-state index in [0.29, 0.717) is 16.3 Å². The normalized spacial score (nSPS) is 11.0. The predicted octanol–water partition coefficient (Wildman–Crippen LogP) is 2.37. The molecule has 1 amide bonds. The second-order valence-electron chi connectivity index (χ2n) is 5.38. The van der Waals surface area contributed by atoms with Gasteiger partial charge in [0, 0.05) is 17.1 Å². The molecule has 0 saturated carbocycles. The minimum absolute atomic E-state index is 0.273. The van der Waals surface area contributed by atoms with Gasteiger partial charge >= 0.3 is 0 Å². The zero-order valence-electron chi connectivity index (χ0n) is 13.0. The third-order valence-corrected chi connectivity index (χ3v) is 4.79. The van der Waals surface area contributed by atoms with Gasteiger partial charge in [-0.15, -0.1) is 0 Å². The minimum atomic E-state index is -3.85. The molecule has 1 heterocycles. The van der Waals surface area contributed by atoms with E-state index in [9.17, 15) is 13.2 Å². The van der Waals surface area contributed by atoms with Crippen LogP contribution in [0.3, 0.4) is 0 Å². The quantitative estimate of drug-likeness (QED) is 0.778. The molecule has 1 aromatic heterocycles. The number of fused-ring (bicyclic) bond motifs is 1. The van der Waals surface area contributed by atoms with Crippen molar-refractivity contribution in [1.29, 1.82) is 5.26 Å². The Morgan fingerprint density at radius 1 is 1.12 bits per heavy atom. The number of nitriles is 1. The molecule has 0 radical (unpaired) electrons. The molecule has 0 spiro atoms. The maximum absolute atomic E-state index is 12.2. The molecule has 0 atom stereocenters. The number of sulfonamides is 1. The molecule has 3 aromatic rings. The Kier molecular flexibility index (Phi) is 4.46. The summed E-state index contributed by atoms with van der Waals surface area (Å²) in [5.41, 5.74) is 1.06. The van der Waals surface area contributed by atoms with Gasteiger partial charge in [0.25, 0.3) is 5.91 Å². The molecular weight excluding hydrogens is 338 g/mol. The van der Waals surface area contributed by atoms with Crippen LogP contribution < -0.4 is 4.72 Å². The average molecular weight is 351 g/mol. The summed E-state index contributed by atoms with van der Waals surface area (Å²) in [6.45, 7) is 0. The van der Waals surface area contributed by atoms with Gasteiger partial charge in [0.15, 0.2) is 0 Å². The predicted molar refractivity (Wildman–Crippen MR) is 93.0 cm³/mol. The maximum atomic E-state index is 12.2. The third kappa shape index (κ3) is 3.82. The highest BCUT2D eigenvalue weighted by Crippen LogP contribution is 2.19. The van der Waals surface area contributed by atoms with Gasteiger partial charge in [0.2, 0.25) is 10.0 Å². The van der Waals surface area contributed by atoms with Crippen LogP contribution in [0.2, 0.25) is 0 Å². The number of hydrogen-bond acceptors (Lipinski definition) is 5. The number of nitrogens with one attached hydrogen (secondary N) is 1. The second-order valence-corrected chi connectivity index (χ2v) is 7.11. The standard InChI is InChI=1S/C18H13N3O3S/c19-11-17-16-7-6-13(10-15(16)8-9-20-17)12-25(23,24)21-18(22)14-4-2-1-3-5-14/h1-10H,12H2,(H,21,22). The number of amides is 1. The van der Waals surface area contributed by atoms with Gasteiger partial charge in [0.05, 0.1) is 5.75 Å². The first-order valence-electron chi connectivity index (χ1n) is 7.36. The Morgan fingerprint density at radius 2 is 1.88 bits per heavy atom. The maximum Gasteiger partial charge on any atom is 0.264 e. The van der Waals surface area contributed by atoms with Crippen LogP contribution in [-0.4, -0.2) is 19.3 Å². The van der Waals surface area contributed by atoms with E-state index in [-0.39, 0.29) is 17.0 Å². The lowest BCUT2D eigenvalue weighted by Crippen LogP contribution is -2.31. The Bertz CT molecular complexity index is 1090. The molecule has 2 aromatic carbocycles. The SMILES string of the molecule is N#Cc1nccc2cc(CS(=O)(=O)NC(=O)c3ccccc3)ccc12. The number of carbonyl (C=O) groups is 1. The number of nitrogens with zero attached hydrogens (tertiary/aromatic N) is 2. The van der Waals surface area contributed by atoms with Crippen molar-refractivity contribution in [3.05, 3.63) is 77.6 Å². The lowest BCUT2D eigenvalue weighted by molar-refractivity contribution is 0.0981. The van der Waals surface area contributed by atoms with Gasteiger partial charge in [-0.05, 0) is 35.2 Å². The zero-order chi connectivity index (χ0) is 17.9. The summed E-state index contributed by atoms with van der Waals surface area (Å²) in [6, 6.07) is 16.8. The first kappa shape index (κ1) is 16.6. The molecule has 0 aliphatic rings. The summed E-state index contributed by atoms with van der Waals surface area (Å²) in [7, 11) is -3.85. The molecule has 124 valence electrons. The topological polar surface area (TPSA) is 99.9 Å². The van der Waals surface area contributed by atoms with Crippen molar-refractivity contribution in [3.63, 3.8) is 0 Å². The van der Waals surface area contributed by atoms with E-state index in [4.69, 9.17) is 5.26 Å². The third-order valence-electron chi connectivity index (χ3n) is 3.58. The van der Waals surface area contributed by atoms with Crippen molar-refractivity contribution in [2.75, 3.05) is 0 Å². The Labute approximate surface area is 144 Å². The second kappa shape index (κ2) is 6.71. The summed E-state index contributed by atoms with van der Waals surface area (Å²) in [5, 5.41) is 10.4. The van der Waals surface area contributed by atoms with E-state index >= 15 is 0 Å². The summed E-state index contributed by atoms with van der Waals surface area (Å²) in [4.78, 5) is 16.0. The van der Waals surface area contributed by atoms with Gasteiger partial charge < -0.3 is 0 Å². The molecule has 0 bridgehead atoms. The Morgan fingerprint density at radius 3 is 2.60 bits per heavy atom. The van der Waals surface area contributed by atoms with Crippen molar-refractivity contribution in [1.82, 2.24) is 9.71 Å². The molecule has 0 unspecified atom stereocenters. The largest absolute Gasteiger partial charge is 0.268 e. The van der Waals surface area contributed by atoms with Crippen LogP contribution in [0.15, 0.2) is 60.8 Å². The van der Waals surface area contributed by atoms with Crippen molar-refractivity contribution >= 4 is 26.7 Å². The van der Waals surface area contributed by atoms with Crippen LogP contribution in [0.25, 0.3) is 10.8 Å². The van der Waals surface area contributed by atoms with E-state index in [1.165, 1.54) is 18.3 Å². The van der Waals surface area contributed by atoms with E-state index in [0.717, 1.165) is 0 Å². The molecule has 25 heavy (non-hydrogen) atoms. The van der Waals surface area contributed by atoms with Crippen molar-refractivity contribution < 1.29 is 13.2 Å². The van der Waals surface area contributed by atoms with Gasteiger partial charge in [0.1, 0.15) is 11.8 Å². The smallest absolute Gasteiger partial charge is 0.264 e. The van der Waals surface area contributed by atoms with Gasteiger partial charge in [-0.1, -0.05) is 30.3 Å². The molecule has 7 heteroatoms. The van der Waals surface area contributed by atoms with Crippen molar-refractivity contribution in [3.8, 4) is 6.07 Å². The summed E-state index contributed by atoms with van der Waals surface area (Å²) >= 11 is 0.